The SMILES string of the molecule is O=C1C=CC(O)(c2cc(=O)cco2)C=C1. The molecule has 0 saturated carbocycles. The summed E-state index contributed by atoms with van der Waals surface area (Å²) in [6.07, 6.45) is 6.23. The summed E-state index contributed by atoms with van der Waals surface area (Å²) in [5.74, 6) is -0.118. The molecule has 15 heavy (non-hydrogen) atoms. The predicted molar refractivity (Wildman–Crippen MR) is 52.2 cm³/mol. The van der Waals surface area contributed by atoms with Crippen molar-refractivity contribution in [1.29, 1.82) is 0 Å². The van der Waals surface area contributed by atoms with Crippen molar-refractivity contribution in [3.8, 4) is 0 Å². The second-order valence-electron chi connectivity index (χ2n) is 3.23. The molecular weight excluding hydrogens is 196 g/mol. The van der Waals surface area contributed by atoms with Crippen LogP contribution in [0.5, 0.6) is 0 Å². The van der Waals surface area contributed by atoms with E-state index in [0.717, 1.165) is 0 Å². The van der Waals surface area contributed by atoms with Gasteiger partial charge in [-0.15, -0.1) is 0 Å². The Morgan fingerprint density at radius 3 is 2.47 bits per heavy atom. The molecule has 1 aromatic heterocycles. The Morgan fingerprint density at radius 1 is 1.20 bits per heavy atom. The highest BCUT2D eigenvalue weighted by Crippen LogP contribution is 2.25. The number of ketones is 1. The van der Waals surface area contributed by atoms with Gasteiger partial charge >= 0.3 is 0 Å². The van der Waals surface area contributed by atoms with Crippen LogP contribution < -0.4 is 5.43 Å². The minimum Gasteiger partial charge on any atom is -0.465 e. The van der Waals surface area contributed by atoms with Crippen molar-refractivity contribution >= 4 is 5.78 Å². The molecule has 4 nitrogen and oxygen atoms in total. The maximum atomic E-state index is 11.1. The highest BCUT2D eigenvalue weighted by Gasteiger charge is 2.28. The average Bonchev–Trinajstić information content (AvgIpc) is 2.23. The number of carbonyl (C=O) groups is 1. The fraction of sp³-hybridized carbons (Fsp3) is 0.0909. The second kappa shape index (κ2) is 3.33. The van der Waals surface area contributed by atoms with Gasteiger partial charge in [0.2, 0.25) is 0 Å². The van der Waals surface area contributed by atoms with Crippen molar-refractivity contribution in [2.75, 3.05) is 0 Å². The molecule has 1 aliphatic rings. The zero-order valence-corrected chi connectivity index (χ0v) is 7.71. The van der Waals surface area contributed by atoms with Gasteiger partial charge in [0.05, 0.1) is 6.26 Å². The van der Waals surface area contributed by atoms with Crippen LogP contribution in [-0.4, -0.2) is 10.9 Å². The molecule has 2 rings (SSSR count). The van der Waals surface area contributed by atoms with E-state index < -0.39 is 5.60 Å². The monoisotopic (exact) mass is 204 g/mol. The first kappa shape index (κ1) is 9.61. The molecule has 0 unspecified atom stereocenters. The summed E-state index contributed by atoms with van der Waals surface area (Å²) < 4.78 is 5.02. The van der Waals surface area contributed by atoms with Crippen LogP contribution in [0.2, 0.25) is 0 Å². The predicted octanol–water partition coefficient (Wildman–Crippen LogP) is 0.522. The van der Waals surface area contributed by atoms with E-state index in [1.54, 1.807) is 0 Å². The van der Waals surface area contributed by atoms with E-state index in [-0.39, 0.29) is 17.0 Å². The summed E-state index contributed by atoms with van der Waals surface area (Å²) >= 11 is 0. The van der Waals surface area contributed by atoms with Gasteiger partial charge in [-0.25, -0.2) is 0 Å². The Balaban J connectivity index is 2.47. The molecule has 1 heterocycles. The molecule has 0 atom stereocenters. The summed E-state index contributed by atoms with van der Waals surface area (Å²) in [7, 11) is 0. The molecule has 76 valence electrons. The largest absolute Gasteiger partial charge is 0.465 e. The standard InChI is InChI=1S/C11H8O4/c12-8-1-4-11(14,5-2-8)10-7-9(13)3-6-15-10/h1-7,14H. The number of allylic oxidation sites excluding steroid dienone is 2. The molecule has 0 fully saturated rings. The van der Waals surface area contributed by atoms with Crippen LogP contribution in [0, 0.1) is 0 Å². The van der Waals surface area contributed by atoms with Crippen molar-refractivity contribution < 1.29 is 14.3 Å². The normalized spacial score (nSPS) is 18.1. The van der Waals surface area contributed by atoms with Gasteiger partial charge in [-0.1, -0.05) is 0 Å². The van der Waals surface area contributed by atoms with Crippen LogP contribution in [-0.2, 0) is 10.4 Å². The minimum absolute atomic E-state index is 0.0926. The van der Waals surface area contributed by atoms with E-state index in [0.29, 0.717) is 0 Å². The second-order valence-corrected chi connectivity index (χ2v) is 3.23. The lowest BCUT2D eigenvalue weighted by Gasteiger charge is -2.20. The van der Waals surface area contributed by atoms with Gasteiger partial charge in [0.25, 0.3) is 0 Å². The summed E-state index contributed by atoms with van der Waals surface area (Å²) in [5, 5.41) is 10.0. The smallest absolute Gasteiger partial charge is 0.185 e. The van der Waals surface area contributed by atoms with Gasteiger partial charge in [-0.05, 0) is 24.3 Å². The Labute approximate surface area is 85.2 Å². The van der Waals surface area contributed by atoms with E-state index in [1.807, 2.05) is 0 Å². The van der Waals surface area contributed by atoms with Crippen LogP contribution in [0.1, 0.15) is 5.76 Å². The van der Waals surface area contributed by atoms with Crippen molar-refractivity contribution in [1.82, 2.24) is 0 Å². The lowest BCUT2D eigenvalue weighted by Crippen LogP contribution is -2.24. The van der Waals surface area contributed by atoms with Gasteiger partial charge in [-0.3, -0.25) is 9.59 Å². The van der Waals surface area contributed by atoms with E-state index >= 15 is 0 Å². The molecule has 0 aromatic carbocycles. The third kappa shape index (κ3) is 1.80. The average molecular weight is 204 g/mol. The highest BCUT2D eigenvalue weighted by molar-refractivity contribution is 6.00. The highest BCUT2D eigenvalue weighted by atomic mass is 16.4. The molecular formula is C11H8O4. The van der Waals surface area contributed by atoms with E-state index in [2.05, 4.69) is 0 Å². The number of carbonyl (C=O) groups excluding carboxylic acids is 1. The topological polar surface area (TPSA) is 67.5 Å². The summed E-state index contributed by atoms with van der Waals surface area (Å²) in [6, 6.07) is 2.43. The van der Waals surface area contributed by atoms with Crippen LogP contribution >= 0.6 is 0 Å². The molecule has 1 N–H and O–H groups in total. The van der Waals surface area contributed by atoms with Gasteiger partial charge in [0.1, 0.15) is 5.76 Å². The zero-order valence-electron chi connectivity index (χ0n) is 7.71. The third-order valence-corrected chi connectivity index (χ3v) is 2.10. The van der Waals surface area contributed by atoms with E-state index in [4.69, 9.17) is 4.42 Å². The summed E-state index contributed by atoms with van der Waals surface area (Å²) in [6.45, 7) is 0. The summed E-state index contributed by atoms with van der Waals surface area (Å²) in [4.78, 5) is 21.9. The molecule has 0 bridgehead atoms. The maximum absolute atomic E-state index is 11.1. The van der Waals surface area contributed by atoms with E-state index in [9.17, 15) is 14.7 Å². The Kier molecular flexibility index (Phi) is 2.13. The molecule has 4 heteroatoms. The lowest BCUT2D eigenvalue weighted by atomic mass is 9.94. The maximum Gasteiger partial charge on any atom is 0.185 e. The first-order chi connectivity index (χ1) is 7.10. The molecule has 0 saturated heterocycles. The number of hydrogen-bond acceptors (Lipinski definition) is 4. The molecule has 1 aliphatic carbocycles. The minimum atomic E-state index is -1.51. The van der Waals surface area contributed by atoms with Gasteiger partial charge < -0.3 is 9.52 Å². The van der Waals surface area contributed by atoms with Crippen molar-refractivity contribution in [3.63, 3.8) is 0 Å². The molecule has 0 aliphatic heterocycles. The zero-order chi connectivity index (χ0) is 10.9. The van der Waals surface area contributed by atoms with Crippen molar-refractivity contribution in [2.24, 2.45) is 0 Å². The first-order valence-corrected chi connectivity index (χ1v) is 4.34. The van der Waals surface area contributed by atoms with Crippen molar-refractivity contribution in [2.45, 2.75) is 5.60 Å². The fourth-order valence-electron chi connectivity index (χ4n) is 1.29. The Hall–Kier alpha value is -1.94. The molecule has 0 radical (unpaired) electrons. The van der Waals surface area contributed by atoms with Gasteiger partial charge in [-0.2, -0.15) is 0 Å². The van der Waals surface area contributed by atoms with Crippen LogP contribution in [0.15, 0.2) is 51.9 Å². The van der Waals surface area contributed by atoms with Crippen LogP contribution in [0.3, 0.4) is 0 Å². The van der Waals surface area contributed by atoms with Crippen molar-refractivity contribution in [3.05, 3.63) is 58.7 Å². The fourth-order valence-corrected chi connectivity index (χ4v) is 1.29. The van der Waals surface area contributed by atoms with Crippen LogP contribution in [0.25, 0.3) is 0 Å². The van der Waals surface area contributed by atoms with Gasteiger partial charge in [0.15, 0.2) is 16.8 Å². The molecule has 0 spiro atoms. The quantitative estimate of drug-likeness (QED) is 0.724. The lowest BCUT2D eigenvalue weighted by molar-refractivity contribution is -0.110. The Bertz CT molecular complexity index is 491. The first-order valence-electron chi connectivity index (χ1n) is 4.34. The number of hydrogen-bond donors (Lipinski definition) is 1. The third-order valence-electron chi connectivity index (χ3n) is 2.10. The summed E-state index contributed by atoms with van der Waals surface area (Å²) in [5.41, 5.74) is -1.77. The van der Waals surface area contributed by atoms with Gasteiger partial charge in [0, 0.05) is 12.1 Å². The number of rotatable bonds is 1. The van der Waals surface area contributed by atoms with Crippen LogP contribution in [0.4, 0.5) is 0 Å². The molecule has 1 aromatic rings. The Morgan fingerprint density at radius 2 is 1.87 bits per heavy atom. The molecule has 0 amide bonds. The number of aliphatic hydroxyl groups is 1. The van der Waals surface area contributed by atoms with E-state index in [1.165, 1.54) is 42.7 Å².